The average molecular weight is 608 g/mol. The molecule has 2 heterocycles. The van der Waals surface area contributed by atoms with Crippen molar-refractivity contribution in [1.82, 2.24) is 19.5 Å². The van der Waals surface area contributed by atoms with Crippen molar-refractivity contribution >= 4 is 32.7 Å². The second-order valence-corrected chi connectivity index (χ2v) is 18.7. The van der Waals surface area contributed by atoms with Crippen molar-refractivity contribution < 1.29 is 18.7 Å². The largest absolute Gasteiger partial charge is 0.382 e. The summed E-state index contributed by atoms with van der Waals surface area (Å²) in [6.07, 6.45) is 20.9. The number of nitrogen functional groups attached to an aromatic ring is 1. The van der Waals surface area contributed by atoms with Gasteiger partial charge in [0.2, 0.25) is 0 Å². The summed E-state index contributed by atoms with van der Waals surface area (Å²) in [5, 5.41) is 0. The van der Waals surface area contributed by atoms with Crippen molar-refractivity contribution in [3.63, 3.8) is 0 Å². The molecule has 2 atom stereocenters. The maximum Gasteiger partial charge on any atom is 0.353 e. The zero-order valence-corrected chi connectivity index (χ0v) is 27.8. The van der Waals surface area contributed by atoms with Crippen LogP contribution in [0.4, 0.5) is 5.82 Å². The predicted molar refractivity (Wildman–Crippen MR) is 171 cm³/mol. The van der Waals surface area contributed by atoms with Gasteiger partial charge >= 0.3 is 7.60 Å². The number of aromatic nitrogens is 4. The Morgan fingerprint density at radius 3 is 2.07 bits per heavy atom. The van der Waals surface area contributed by atoms with Crippen LogP contribution in [0.1, 0.15) is 103 Å². The molecule has 0 aliphatic heterocycles. The molecule has 232 valence electrons. The Labute approximate surface area is 249 Å². The van der Waals surface area contributed by atoms with Gasteiger partial charge in [-0.15, -0.1) is 11.5 Å². The van der Waals surface area contributed by atoms with Gasteiger partial charge < -0.3 is 24.5 Å². The number of nitrogens with two attached hydrogens (primary N) is 1. The first-order valence-corrected chi connectivity index (χ1v) is 20.8. The van der Waals surface area contributed by atoms with E-state index in [4.69, 9.17) is 15.0 Å². The average Bonchev–Trinajstić information content (AvgIpc) is 3.32. The molecule has 0 bridgehead atoms. The van der Waals surface area contributed by atoms with Crippen LogP contribution in [0.15, 0.2) is 12.7 Å². The maximum absolute atomic E-state index is 12.3. The number of fused-ring (bicyclic) bond motifs is 1. The smallest absolute Gasteiger partial charge is 0.353 e. The Hall–Kier alpha value is -1.76. The van der Waals surface area contributed by atoms with E-state index in [1.807, 2.05) is 6.92 Å². The van der Waals surface area contributed by atoms with Gasteiger partial charge in [0.05, 0.1) is 25.6 Å². The highest BCUT2D eigenvalue weighted by Crippen LogP contribution is 2.42. The SMILES string of the molecule is CC(Cn1cnc2c(N)ncnc21)OCP(=O)(O)OCCCCCCCCCCCCCCCCC#C[Si](C)(C)C. The molecule has 11 heteroatoms. The van der Waals surface area contributed by atoms with Gasteiger partial charge in [0, 0.05) is 6.42 Å². The van der Waals surface area contributed by atoms with E-state index in [2.05, 4.69) is 46.1 Å². The van der Waals surface area contributed by atoms with Crippen molar-refractivity contribution in [3.8, 4) is 11.5 Å². The van der Waals surface area contributed by atoms with Gasteiger partial charge in [-0.05, 0) is 19.8 Å². The van der Waals surface area contributed by atoms with Crippen molar-refractivity contribution in [2.75, 3.05) is 18.7 Å². The minimum Gasteiger partial charge on any atom is -0.382 e. The van der Waals surface area contributed by atoms with E-state index < -0.39 is 15.7 Å². The molecule has 0 aliphatic rings. The van der Waals surface area contributed by atoms with Gasteiger partial charge in [-0.25, -0.2) is 15.0 Å². The summed E-state index contributed by atoms with van der Waals surface area (Å²) >= 11 is 0. The Morgan fingerprint density at radius 2 is 1.49 bits per heavy atom. The van der Waals surface area contributed by atoms with Gasteiger partial charge in [0.25, 0.3) is 0 Å². The molecule has 0 aromatic carbocycles. The number of unbranched alkanes of at least 4 members (excludes halogenated alkanes) is 14. The maximum atomic E-state index is 12.3. The van der Waals surface area contributed by atoms with E-state index in [1.54, 1.807) is 10.9 Å². The first kappa shape index (κ1) is 35.4. The molecule has 0 fully saturated rings. The summed E-state index contributed by atoms with van der Waals surface area (Å²) in [5.74, 6) is 3.69. The van der Waals surface area contributed by atoms with Crippen LogP contribution in [-0.4, -0.2) is 51.5 Å². The predicted octanol–water partition coefficient (Wildman–Crippen LogP) is 7.71. The van der Waals surface area contributed by atoms with Gasteiger partial charge in [-0.1, -0.05) is 96.7 Å². The van der Waals surface area contributed by atoms with Crippen LogP contribution in [0.2, 0.25) is 19.6 Å². The molecule has 0 aliphatic carbocycles. The van der Waals surface area contributed by atoms with Crippen molar-refractivity contribution in [2.45, 2.75) is 136 Å². The van der Waals surface area contributed by atoms with E-state index in [0.29, 0.717) is 23.5 Å². The molecule has 2 unspecified atom stereocenters. The molecule has 0 amide bonds. The summed E-state index contributed by atoms with van der Waals surface area (Å²) in [5.41, 5.74) is 10.4. The Morgan fingerprint density at radius 1 is 0.927 bits per heavy atom. The summed E-state index contributed by atoms with van der Waals surface area (Å²) in [6.45, 7) is 9.43. The molecule has 0 saturated heterocycles. The fourth-order valence-electron chi connectivity index (χ4n) is 4.59. The topological polar surface area (TPSA) is 125 Å². The lowest BCUT2D eigenvalue weighted by molar-refractivity contribution is 0.0715. The van der Waals surface area contributed by atoms with Crippen LogP contribution in [-0.2, 0) is 20.4 Å². The Balaban J connectivity index is 1.37. The minimum absolute atomic E-state index is 0.278. The summed E-state index contributed by atoms with van der Waals surface area (Å²) in [4.78, 5) is 22.5. The van der Waals surface area contributed by atoms with Gasteiger partial charge in [-0.2, -0.15) is 0 Å². The van der Waals surface area contributed by atoms with E-state index in [1.165, 1.54) is 77.0 Å². The number of imidazole rings is 1. The molecule has 2 rings (SSSR count). The number of ether oxygens (including phenoxy) is 1. The molecule has 9 nitrogen and oxygen atoms in total. The monoisotopic (exact) mass is 607 g/mol. The fourth-order valence-corrected chi connectivity index (χ4v) is 6.18. The second-order valence-electron chi connectivity index (χ2n) is 12.2. The normalized spacial score (nSPS) is 14.1. The van der Waals surface area contributed by atoms with Crippen LogP contribution < -0.4 is 5.73 Å². The van der Waals surface area contributed by atoms with Crippen LogP contribution in [0.5, 0.6) is 0 Å². The molecule has 2 aromatic heterocycles. The first-order valence-electron chi connectivity index (χ1n) is 15.6. The van der Waals surface area contributed by atoms with Gasteiger partial charge in [-0.3, -0.25) is 4.57 Å². The number of hydrogen-bond acceptors (Lipinski definition) is 7. The van der Waals surface area contributed by atoms with Crippen molar-refractivity contribution in [2.24, 2.45) is 0 Å². The number of rotatable bonds is 22. The second kappa shape index (κ2) is 19.4. The highest BCUT2D eigenvalue weighted by molar-refractivity contribution is 7.52. The molecular weight excluding hydrogens is 553 g/mol. The molecule has 0 spiro atoms. The molecule has 2 aromatic rings. The van der Waals surface area contributed by atoms with Crippen molar-refractivity contribution in [3.05, 3.63) is 12.7 Å². The van der Waals surface area contributed by atoms with Crippen LogP contribution in [0, 0.1) is 11.5 Å². The molecule has 3 N–H and O–H groups in total. The van der Waals surface area contributed by atoms with Crippen LogP contribution in [0.25, 0.3) is 11.2 Å². The number of anilines is 1. The highest BCUT2D eigenvalue weighted by atomic mass is 31.2. The minimum atomic E-state index is -3.79. The zero-order valence-electron chi connectivity index (χ0n) is 25.9. The zero-order chi connectivity index (χ0) is 30.0. The lowest BCUT2D eigenvalue weighted by atomic mass is 10.0. The van der Waals surface area contributed by atoms with Crippen LogP contribution in [0.3, 0.4) is 0 Å². The van der Waals surface area contributed by atoms with E-state index in [9.17, 15) is 9.46 Å². The van der Waals surface area contributed by atoms with Gasteiger partial charge in [0.1, 0.15) is 26.3 Å². The lowest BCUT2D eigenvalue weighted by Crippen LogP contribution is -2.17. The fraction of sp³-hybridized carbons (Fsp3) is 0.767. The van der Waals surface area contributed by atoms with E-state index in [0.717, 1.165) is 25.7 Å². The van der Waals surface area contributed by atoms with E-state index >= 15 is 0 Å². The quantitative estimate of drug-likeness (QED) is 0.0603. The summed E-state index contributed by atoms with van der Waals surface area (Å²) in [6, 6.07) is 0. The van der Waals surface area contributed by atoms with Crippen molar-refractivity contribution in [1.29, 1.82) is 0 Å². The first-order chi connectivity index (χ1) is 19.6. The molecular formula is C30H54N5O4PSi. The third-order valence-electron chi connectivity index (χ3n) is 6.86. The molecule has 0 saturated carbocycles. The third-order valence-corrected chi connectivity index (χ3v) is 8.85. The number of hydrogen-bond donors (Lipinski definition) is 2. The lowest BCUT2D eigenvalue weighted by Gasteiger charge is -2.17. The summed E-state index contributed by atoms with van der Waals surface area (Å²) in [7, 11) is -4.97. The molecule has 41 heavy (non-hydrogen) atoms. The number of nitrogens with zero attached hydrogens (tertiary/aromatic N) is 4. The molecule has 0 radical (unpaired) electrons. The Bertz CT molecular complexity index is 1110. The standard InChI is InChI=1S/C30H54N5O4PSi/c1-27(23-35-25-34-28-29(31)32-24-33-30(28)35)38-26-40(36,37)39-21-19-17-15-13-11-9-7-5-6-8-10-12-14-16-18-20-22-41(2,3)4/h24-25,27H,5-19,21,23,26H2,1-4H3,(H,36,37)(H2,31,32,33). The highest BCUT2D eigenvalue weighted by Gasteiger charge is 2.21. The van der Waals surface area contributed by atoms with Crippen LogP contribution >= 0.6 is 7.60 Å². The van der Waals surface area contributed by atoms with Gasteiger partial charge in [0.15, 0.2) is 11.5 Å². The summed E-state index contributed by atoms with van der Waals surface area (Å²) < 4.78 is 25.0. The Kier molecular flexibility index (Phi) is 16.8. The third kappa shape index (κ3) is 16.5. The van der Waals surface area contributed by atoms with E-state index in [-0.39, 0.29) is 19.1 Å².